The Morgan fingerprint density at radius 3 is 2.82 bits per heavy atom. The molecule has 0 saturated heterocycles. The van der Waals surface area contributed by atoms with Gasteiger partial charge in [0.2, 0.25) is 0 Å². The Bertz CT molecular complexity index is 678. The van der Waals surface area contributed by atoms with Crippen LogP contribution in [0.4, 0.5) is 0 Å². The molecule has 3 rings (SSSR count). The van der Waals surface area contributed by atoms with Crippen LogP contribution in [0, 0.1) is 3.57 Å². The lowest BCUT2D eigenvalue weighted by atomic mass is 10.3. The van der Waals surface area contributed by atoms with Crippen LogP contribution < -0.4 is 0 Å². The number of halogens is 2. The zero-order valence-corrected chi connectivity index (χ0v) is 11.4. The van der Waals surface area contributed by atoms with E-state index < -0.39 is 0 Å². The van der Waals surface area contributed by atoms with Crippen LogP contribution in [0.3, 0.4) is 0 Å². The number of fused-ring (bicyclic) bond motifs is 1. The molecule has 0 bridgehead atoms. The minimum Gasteiger partial charge on any atom is -0.242 e. The smallest absolute Gasteiger partial charge is 0.129 e. The molecule has 1 aromatic carbocycles. The molecular weight excluding hydrogens is 351 g/mol. The van der Waals surface area contributed by atoms with Crippen LogP contribution in [-0.4, -0.2) is 20.0 Å². The van der Waals surface area contributed by atoms with Crippen molar-refractivity contribution < 1.29 is 0 Å². The van der Waals surface area contributed by atoms with Gasteiger partial charge in [-0.05, 0) is 52.9 Å². The largest absolute Gasteiger partial charge is 0.242 e. The van der Waals surface area contributed by atoms with E-state index in [0.29, 0.717) is 5.15 Å². The first-order valence-corrected chi connectivity index (χ1v) is 6.32. The highest BCUT2D eigenvalue weighted by Gasteiger charge is 2.06. The van der Waals surface area contributed by atoms with Crippen LogP contribution in [0.15, 0.2) is 36.5 Å². The van der Waals surface area contributed by atoms with Gasteiger partial charge in [0, 0.05) is 3.57 Å². The van der Waals surface area contributed by atoms with Gasteiger partial charge in [-0.3, -0.25) is 0 Å². The fourth-order valence-corrected chi connectivity index (χ4v) is 2.17. The first-order valence-electron chi connectivity index (χ1n) is 4.87. The molecule has 0 atom stereocenters. The SMILES string of the molecule is Clc1ccc(-n2nnc3cc(I)ccc32)cn1. The number of hydrogen-bond donors (Lipinski definition) is 0. The van der Waals surface area contributed by atoms with Crippen molar-refractivity contribution in [2.75, 3.05) is 0 Å². The first-order chi connectivity index (χ1) is 8.24. The molecule has 17 heavy (non-hydrogen) atoms. The molecule has 0 amide bonds. The minimum absolute atomic E-state index is 0.465. The van der Waals surface area contributed by atoms with E-state index in [1.54, 1.807) is 16.9 Å². The summed E-state index contributed by atoms with van der Waals surface area (Å²) >= 11 is 8.00. The third kappa shape index (κ3) is 2.00. The third-order valence-corrected chi connectivity index (χ3v) is 3.26. The summed E-state index contributed by atoms with van der Waals surface area (Å²) in [7, 11) is 0. The number of rotatable bonds is 1. The number of nitrogens with zero attached hydrogens (tertiary/aromatic N) is 4. The molecule has 0 N–H and O–H groups in total. The van der Waals surface area contributed by atoms with Gasteiger partial charge >= 0.3 is 0 Å². The molecular formula is C11H6ClIN4. The molecule has 0 aliphatic carbocycles. The second-order valence-corrected chi connectivity index (χ2v) is 5.11. The van der Waals surface area contributed by atoms with Crippen LogP contribution in [0.5, 0.6) is 0 Å². The normalized spacial score (nSPS) is 10.9. The maximum atomic E-state index is 5.75. The maximum absolute atomic E-state index is 5.75. The van der Waals surface area contributed by atoms with E-state index in [-0.39, 0.29) is 0 Å². The molecule has 0 aliphatic rings. The van der Waals surface area contributed by atoms with Gasteiger partial charge in [0.25, 0.3) is 0 Å². The first kappa shape index (κ1) is 10.9. The highest BCUT2D eigenvalue weighted by atomic mass is 127. The number of benzene rings is 1. The van der Waals surface area contributed by atoms with Gasteiger partial charge < -0.3 is 0 Å². The van der Waals surface area contributed by atoms with Crippen LogP contribution in [0.2, 0.25) is 5.15 Å². The predicted molar refractivity (Wildman–Crippen MR) is 74.4 cm³/mol. The van der Waals surface area contributed by atoms with E-state index in [9.17, 15) is 0 Å². The van der Waals surface area contributed by atoms with Gasteiger partial charge in [0.05, 0.1) is 17.4 Å². The molecule has 2 heterocycles. The predicted octanol–water partition coefficient (Wildman–Crippen LogP) is 3.07. The molecule has 3 aromatic rings. The quantitative estimate of drug-likeness (QED) is 0.497. The second kappa shape index (κ2) is 4.23. The Balaban J connectivity index is 2.21. The fourth-order valence-electron chi connectivity index (χ4n) is 1.58. The van der Waals surface area contributed by atoms with Crippen LogP contribution >= 0.6 is 34.2 Å². The topological polar surface area (TPSA) is 43.6 Å². The van der Waals surface area contributed by atoms with Gasteiger partial charge in [0.15, 0.2) is 0 Å². The van der Waals surface area contributed by atoms with Crippen molar-refractivity contribution >= 4 is 45.2 Å². The molecule has 4 nitrogen and oxygen atoms in total. The average molecular weight is 357 g/mol. The summed E-state index contributed by atoms with van der Waals surface area (Å²) in [5.74, 6) is 0. The summed E-state index contributed by atoms with van der Waals surface area (Å²) in [5, 5.41) is 8.71. The Morgan fingerprint density at radius 1 is 1.18 bits per heavy atom. The highest BCUT2D eigenvalue weighted by molar-refractivity contribution is 14.1. The van der Waals surface area contributed by atoms with Gasteiger partial charge in [-0.2, -0.15) is 0 Å². The van der Waals surface area contributed by atoms with Crippen molar-refractivity contribution in [1.29, 1.82) is 0 Å². The molecule has 6 heteroatoms. The van der Waals surface area contributed by atoms with E-state index in [2.05, 4.69) is 37.9 Å². The fraction of sp³-hybridized carbons (Fsp3) is 0. The Hall–Kier alpha value is -1.21. The van der Waals surface area contributed by atoms with Crippen molar-refractivity contribution in [3.8, 4) is 5.69 Å². The molecule has 0 saturated carbocycles. The van der Waals surface area contributed by atoms with E-state index >= 15 is 0 Å². The summed E-state index contributed by atoms with van der Waals surface area (Å²) in [6, 6.07) is 9.60. The summed E-state index contributed by atoms with van der Waals surface area (Å²) in [4.78, 5) is 4.03. The third-order valence-electron chi connectivity index (χ3n) is 2.36. The summed E-state index contributed by atoms with van der Waals surface area (Å²) in [6.07, 6.45) is 1.68. The summed E-state index contributed by atoms with van der Waals surface area (Å²) in [5.41, 5.74) is 2.67. The number of pyridine rings is 1. The molecule has 0 fully saturated rings. The second-order valence-electron chi connectivity index (χ2n) is 3.47. The van der Waals surface area contributed by atoms with Crippen LogP contribution in [-0.2, 0) is 0 Å². The molecule has 0 unspecified atom stereocenters. The molecule has 0 spiro atoms. The zero-order chi connectivity index (χ0) is 11.8. The lowest BCUT2D eigenvalue weighted by Crippen LogP contribution is -1.96. The molecule has 84 valence electrons. The van der Waals surface area contributed by atoms with Gasteiger partial charge in [-0.25, -0.2) is 9.67 Å². The standard InChI is InChI=1S/C11H6ClIN4/c12-11-4-2-8(6-14-11)17-10-3-1-7(13)5-9(10)15-16-17/h1-6H. The molecule has 0 radical (unpaired) electrons. The van der Waals surface area contributed by atoms with Crippen molar-refractivity contribution in [2.24, 2.45) is 0 Å². The lowest BCUT2D eigenvalue weighted by molar-refractivity contribution is 0.820. The summed E-state index contributed by atoms with van der Waals surface area (Å²) in [6.45, 7) is 0. The zero-order valence-electron chi connectivity index (χ0n) is 8.51. The minimum atomic E-state index is 0.465. The van der Waals surface area contributed by atoms with Crippen molar-refractivity contribution in [1.82, 2.24) is 20.0 Å². The van der Waals surface area contributed by atoms with Gasteiger partial charge in [-0.1, -0.05) is 16.8 Å². The average Bonchev–Trinajstić information content (AvgIpc) is 2.73. The van der Waals surface area contributed by atoms with E-state index in [1.165, 1.54) is 0 Å². The van der Waals surface area contributed by atoms with Crippen LogP contribution in [0.1, 0.15) is 0 Å². The Morgan fingerprint density at radius 2 is 2.06 bits per heavy atom. The number of aromatic nitrogens is 4. The van der Waals surface area contributed by atoms with Gasteiger partial charge in [-0.15, -0.1) is 5.10 Å². The maximum Gasteiger partial charge on any atom is 0.129 e. The molecule has 0 aliphatic heterocycles. The van der Waals surface area contributed by atoms with E-state index in [0.717, 1.165) is 20.3 Å². The van der Waals surface area contributed by atoms with Crippen molar-refractivity contribution in [3.63, 3.8) is 0 Å². The van der Waals surface area contributed by atoms with Crippen molar-refractivity contribution in [3.05, 3.63) is 45.3 Å². The summed E-state index contributed by atoms with van der Waals surface area (Å²) < 4.78 is 2.88. The van der Waals surface area contributed by atoms with Crippen molar-refractivity contribution in [2.45, 2.75) is 0 Å². The monoisotopic (exact) mass is 356 g/mol. The van der Waals surface area contributed by atoms with E-state index in [4.69, 9.17) is 11.6 Å². The van der Waals surface area contributed by atoms with Gasteiger partial charge in [0.1, 0.15) is 10.7 Å². The van der Waals surface area contributed by atoms with E-state index in [1.807, 2.05) is 24.3 Å². The Labute approximate surface area is 116 Å². The Kier molecular flexibility index (Phi) is 2.71. The lowest BCUT2D eigenvalue weighted by Gasteiger charge is -2.01. The molecule has 2 aromatic heterocycles. The van der Waals surface area contributed by atoms with Crippen LogP contribution in [0.25, 0.3) is 16.7 Å². The number of hydrogen-bond acceptors (Lipinski definition) is 3. The highest BCUT2D eigenvalue weighted by Crippen LogP contribution is 2.18.